The Hall–Kier alpha value is -2.22. The van der Waals surface area contributed by atoms with E-state index in [4.69, 9.17) is 0 Å². The third-order valence-corrected chi connectivity index (χ3v) is 3.02. The van der Waals surface area contributed by atoms with Crippen molar-refractivity contribution in [1.82, 2.24) is 0 Å². The summed E-state index contributed by atoms with van der Waals surface area (Å²) in [5, 5.41) is 0. The Labute approximate surface area is 113 Å². The van der Waals surface area contributed by atoms with Crippen LogP contribution in [0.2, 0.25) is 0 Å². The van der Waals surface area contributed by atoms with Crippen LogP contribution in [-0.4, -0.2) is 12.1 Å². The Morgan fingerprint density at radius 1 is 1.05 bits per heavy atom. The van der Waals surface area contributed by atoms with Crippen molar-refractivity contribution in [2.45, 2.75) is 13.3 Å². The molecule has 96 valence electrons. The lowest BCUT2D eigenvalue weighted by atomic mass is 9.97. The molecule has 0 spiro atoms. The first-order valence-electron chi connectivity index (χ1n) is 6.34. The summed E-state index contributed by atoms with van der Waals surface area (Å²) in [6.07, 6.45) is 1.60. The van der Waals surface area contributed by atoms with E-state index in [-0.39, 0.29) is 11.7 Å². The summed E-state index contributed by atoms with van der Waals surface area (Å²) in [6.45, 7) is 1.87. The quantitative estimate of drug-likeness (QED) is 0.604. The number of carbonyl (C=O) groups is 2. The average molecular weight is 252 g/mol. The highest BCUT2D eigenvalue weighted by Gasteiger charge is 2.09. The number of hydrogen-bond acceptors (Lipinski definition) is 2. The van der Waals surface area contributed by atoms with Crippen molar-refractivity contribution in [3.05, 3.63) is 71.3 Å². The Morgan fingerprint density at radius 2 is 1.74 bits per heavy atom. The molecule has 2 aromatic carbocycles. The molecule has 2 rings (SSSR count). The van der Waals surface area contributed by atoms with Gasteiger partial charge in [0.2, 0.25) is 0 Å². The van der Waals surface area contributed by atoms with Crippen molar-refractivity contribution < 1.29 is 9.59 Å². The number of hydrogen-bond donors (Lipinski definition) is 0. The molecular weight excluding hydrogens is 236 g/mol. The van der Waals surface area contributed by atoms with Crippen molar-refractivity contribution >= 4 is 12.1 Å². The van der Waals surface area contributed by atoms with Gasteiger partial charge in [-0.3, -0.25) is 4.79 Å². The summed E-state index contributed by atoms with van der Waals surface area (Å²) in [5.41, 5.74) is 2.37. The molecule has 0 aliphatic heterocycles. The van der Waals surface area contributed by atoms with Crippen LogP contribution in [0.3, 0.4) is 0 Å². The zero-order chi connectivity index (χ0) is 13.7. The Kier molecular flexibility index (Phi) is 4.24. The number of ketones is 1. The van der Waals surface area contributed by atoms with Gasteiger partial charge in [-0.05, 0) is 18.1 Å². The second kappa shape index (κ2) is 6.10. The minimum absolute atomic E-state index is 0.0150. The highest BCUT2D eigenvalue weighted by Crippen LogP contribution is 2.14. The molecule has 1 atom stereocenters. The van der Waals surface area contributed by atoms with Gasteiger partial charge < -0.3 is 4.79 Å². The molecule has 0 aromatic heterocycles. The molecule has 0 aliphatic carbocycles. The predicted molar refractivity (Wildman–Crippen MR) is 75.2 cm³/mol. The monoisotopic (exact) mass is 252 g/mol. The molecule has 0 fully saturated rings. The lowest BCUT2D eigenvalue weighted by Gasteiger charge is -2.06. The Morgan fingerprint density at radius 3 is 2.42 bits per heavy atom. The molecule has 2 aromatic rings. The first-order valence-corrected chi connectivity index (χ1v) is 6.34. The largest absolute Gasteiger partial charge is 0.303 e. The van der Waals surface area contributed by atoms with Gasteiger partial charge in [-0.1, -0.05) is 55.5 Å². The second-order valence-electron chi connectivity index (χ2n) is 4.71. The maximum atomic E-state index is 12.3. The first kappa shape index (κ1) is 13.2. The Balaban J connectivity index is 2.24. The van der Waals surface area contributed by atoms with Crippen LogP contribution in [0.1, 0.15) is 28.4 Å². The second-order valence-corrected chi connectivity index (χ2v) is 4.71. The lowest BCUT2D eigenvalue weighted by molar-refractivity contribution is -0.110. The molecular formula is C17H16O2. The van der Waals surface area contributed by atoms with Crippen molar-refractivity contribution in [2.24, 2.45) is 5.92 Å². The lowest BCUT2D eigenvalue weighted by Crippen LogP contribution is -2.04. The van der Waals surface area contributed by atoms with E-state index < -0.39 is 0 Å². The zero-order valence-corrected chi connectivity index (χ0v) is 10.9. The van der Waals surface area contributed by atoms with Crippen LogP contribution in [0.25, 0.3) is 0 Å². The maximum absolute atomic E-state index is 12.3. The minimum atomic E-state index is -0.0259. The number of aldehydes is 1. The van der Waals surface area contributed by atoms with Gasteiger partial charge in [-0.25, -0.2) is 0 Å². The molecule has 0 saturated carbocycles. The fraction of sp³-hybridized carbons (Fsp3) is 0.176. The molecule has 0 saturated heterocycles. The van der Waals surface area contributed by atoms with Gasteiger partial charge in [-0.15, -0.1) is 0 Å². The summed E-state index contributed by atoms with van der Waals surface area (Å²) < 4.78 is 0. The molecule has 2 heteroatoms. The van der Waals surface area contributed by atoms with E-state index in [1.165, 1.54) is 0 Å². The molecule has 0 aliphatic rings. The molecule has 0 amide bonds. The summed E-state index contributed by atoms with van der Waals surface area (Å²) in [5.74, 6) is -0.0108. The topological polar surface area (TPSA) is 34.1 Å². The van der Waals surface area contributed by atoms with Crippen molar-refractivity contribution in [3.8, 4) is 0 Å². The van der Waals surface area contributed by atoms with Gasteiger partial charge in [0.25, 0.3) is 0 Å². The van der Waals surface area contributed by atoms with E-state index in [1.54, 1.807) is 0 Å². The molecule has 2 nitrogen and oxygen atoms in total. The van der Waals surface area contributed by atoms with Crippen LogP contribution < -0.4 is 0 Å². The molecule has 0 N–H and O–H groups in total. The number of benzene rings is 2. The van der Waals surface area contributed by atoms with Crippen LogP contribution in [0.4, 0.5) is 0 Å². The average Bonchev–Trinajstić information content (AvgIpc) is 2.47. The maximum Gasteiger partial charge on any atom is 0.193 e. The predicted octanol–water partition coefficient (Wildman–Crippen LogP) is 3.30. The van der Waals surface area contributed by atoms with Gasteiger partial charge in [0, 0.05) is 17.0 Å². The smallest absolute Gasteiger partial charge is 0.193 e. The van der Waals surface area contributed by atoms with Gasteiger partial charge in [0.05, 0.1) is 0 Å². The molecule has 1 unspecified atom stereocenters. The first-order chi connectivity index (χ1) is 9.20. The SMILES string of the molecule is CC(C=O)Cc1cccc(C(=O)c2ccccc2)c1. The summed E-state index contributed by atoms with van der Waals surface area (Å²) in [6, 6.07) is 16.7. The molecule has 0 radical (unpaired) electrons. The highest BCUT2D eigenvalue weighted by atomic mass is 16.1. The summed E-state index contributed by atoms with van der Waals surface area (Å²) in [4.78, 5) is 23.0. The van der Waals surface area contributed by atoms with Crippen molar-refractivity contribution in [2.75, 3.05) is 0 Å². The van der Waals surface area contributed by atoms with Crippen LogP contribution in [0, 0.1) is 5.92 Å². The zero-order valence-electron chi connectivity index (χ0n) is 10.9. The van der Waals surface area contributed by atoms with E-state index in [0.29, 0.717) is 17.5 Å². The molecule has 0 bridgehead atoms. The van der Waals surface area contributed by atoms with Gasteiger partial charge in [0.15, 0.2) is 5.78 Å². The van der Waals surface area contributed by atoms with Crippen LogP contribution in [-0.2, 0) is 11.2 Å². The third-order valence-electron chi connectivity index (χ3n) is 3.02. The molecule has 19 heavy (non-hydrogen) atoms. The minimum Gasteiger partial charge on any atom is -0.303 e. The van der Waals surface area contributed by atoms with E-state index in [0.717, 1.165) is 11.8 Å². The Bertz CT molecular complexity index is 573. The van der Waals surface area contributed by atoms with Crippen LogP contribution >= 0.6 is 0 Å². The van der Waals surface area contributed by atoms with Gasteiger partial charge in [0.1, 0.15) is 6.29 Å². The fourth-order valence-corrected chi connectivity index (χ4v) is 2.02. The normalized spacial score (nSPS) is 11.8. The number of rotatable bonds is 5. The standard InChI is InChI=1S/C17H16O2/c1-13(12-18)10-14-6-5-9-16(11-14)17(19)15-7-3-2-4-8-15/h2-9,11-13H,10H2,1H3. The highest BCUT2D eigenvalue weighted by molar-refractivity contribution is 6.09. The van der Waals surface area contributed by atoms with Crippen molar-refractivity contribution in [3.63, 3.8) is 0 Å². The van der Waals surface area contributed by atoms with Gasteiger partial charge in [-0.2, -0.15) is 0 Å². The van der Waals surface area contributed by atoms with Crippen LogP contribution in [0.5, 0.6) is 0 Å². The summed E-state index contributed by atoms with van der Waals surface area (Å²) in [7, 11) is 0. The molecule has 0 heterocycles. The van der Waals surface area contributed by atoms with E-state index in [1.807, 2.05) is 61.5 Å². The third kappa shape index (κ3) is 3.38. The van der Waals surface area contributed by atoms with E-state index >= 15 is 0 Å². The van der Waals surface area contributed by atoms with Crippen LogP contribution in [0.15, 0.2) is 54.6 Å². The van der Waals surface area contributed by atoms with Gasteiger partial charge >= 0.3 is 0 Å². The fourth-order valence-electron chi connectivity index (χ4n) is 2.02. The van der Waals surface area contributed by atoms with E-state index in [9.17, 15) is 9.59 Å². The summed E-state index contributed by atoms with van der Waals surface area (Å²) >= 11 is 0. The number of carbonyl (C=O) groups excluding carboxylic acids is 2. The van der Waals surface area contributed by atoms with E-state index in [2.05, 4.69) is 0 Å². The van der Waals surface area contributed by atoms with Crippen molar-refractivity contribution in [1.29, 1.82) is 0 Å².